The van der Waals surface area contributed by atoms with Crippen LogP contribution in [0.2, 0.25) is 0 Å². The first-order valence-electron chi connectivity index (χ1n) is 11.0. The van der Waals surface area contributed by atoms with E-state index in [4.69, 9.17) is 31.2 Å². The molecule has 2 aromatic heterocycles. The summed E-state index contributed by atoms with van der Waals surface area (Å²) in [6, 6.07) is 9.54. The number of hydrogen-bond donors (Lipinski definition) is 1. The second-order valence-corrected chi connectivity index (χ2v) is 9.09. The number of hydrogen-bond acceptors (Lipinski definition) is 7. The van der Waals surface area contributed by atoms with Crippen molar-refractivity contribution >= 4 is 34.2 Å². The minimum Gasteiger partial charge on any atom is -0.493 e. The highest BCUT2D eigenvalue weighted by Gasteiger charge is 2.34. The van der Waals surface area contributed by atoms with Crippen LogP contribution in [0.15, 0.2) is 45.9 Å². The molecule has 1 aliphatic rings. The molecule has 33 heavy (non-hydrogen) atoms. The Morgan fingerprint density at radius 1 is 1.18 bits per heavy atom. The summed E-state index contributed by atoms with van der Waals surface area (Å²) in [5, 5.41) is 10.4. The summed E-state index contributed by atoms with van der Waals surface area (Å²) in [7, 11) is 3.25. The maximum Gasteiger partial charge on any atom is 0.258 e. The molecule has 0 saturated carbocycles. The van der Waals surface area contributed by atoms with Crippen LogP contribution in [0, 0.1) is 0 Å². The molecular formula is C24H28N4O3S2. The summed E-state index contributed by atoms with van der Waals surface area (Å²) in [5.74, 6) is 2.37. The Balaban J connectivity index is 1.79. The van der Waals surface area contributed by atoms with Crippen LogP contribution in [-0.2, 0) is 0 Å². The van der Waals surface area contributed by atoms with Gasteiger partial charge in [-0.3, -0.25) is 0 Å². The van der Waals surface area contributed by atoms with E-state index in [9.17, 15) is 0 Å². The SMILES string of the molecule is CCCCCN1C(=S)NC(c2ccc(OC)c(OC)c2)C(c2nc(-c3cccs3)no2)=C1C. The highest BCUT2D eigenvalue weighted by molar-refractivity contribution is 7.80. The number of thiocarbonyl (C=S) groups is 1. The van der Waals surface area contributed by atoms with E-state index in [1.54, 1.807) is 25.6 Å². The molecule has 1 aromatic carbocycles. The third-order valence-corrected chi connectivity index (χ3v) is 6.92. The fraction of sp³-hybridized carbons (Fsp3) is 0.375. The Labute approximate surface area is 203 Å². The van der Waals surface area contributed by atoms with Gasteiger partial charge in [-0.15, -0.1) is 11.3 Å². The molecule has 0 amide bonds. The van der Waals surface area contributed by atoms with Gasteiger partial charge in [0.05, 0.1) is 30.7 Å². The van der Waals surface area contributed by atoms with Crippen molar-refractivity contribution in [1.82, 2.24) is 20.4 Å². The fourth-order valence-corrected chi connectivity index (χ4v) is 4.96. The summed E-state index contributed by atoms with van der Waals surface area (Å²) in [4.78, 5) is 7.84. The number of thiophene rings is 1. The molecule has 174 valence electrons. The first-order chi connectivity index (χ1) is 16.1. The van der Waals surface area contributed by atoms with Crippen molar-refractivity contribution in [2.75, 3.05) is 20.8 Å². The normalized spacial score (nSPS) is 16.2. The van der Waals surface area contributed by atoms with Gasteiger partial charge in [-0.05, 0) is 54.7 Å². The molecule has 0 radical (unpaired) electrons. The van der Waals surface area contributed by atoms with Crippen LogP contribution in [-0.4, -0.2) is 40.9 Å². The van der Waals surface area contributed by atoms with Crippen molar-refractivity contribution < 1.29 is 14.0 Å². The Morgan fingerprint density at radius 2 is 2.00 bits per heavy atom. The summed E-state index contributed by atoms with van der Waals surface area (Å²) in [5.41, 5.74) is 2.88. The predicted molar refractivity (Wildman–Crippen MR) is 134 cm³/mol. The lowest BCUT2D eigenvalue weighted by Crippen LogP contribution is -2.46. The molecular weight excluding hydrogens is 456 g/mol. The van der Waals surface area contributed by atoms with Gasteiger partial charge in [0.15, 0.2) is 16.6 Å². The van der Waals surface area contributed by atoms with Gasteiger partial charge in [0.1, 0.15) is 0 Å². The smallest absolute Gasteiger partial charge is 0.258 e. The van der Waals surface area contributed by atoms with E-state index in [2.05, 4.69) is 29.2 Å². The number of nitrogens with zero attached hydrogens (tertiary/aromatic N) is 3. The van der Waals surface area contributed by atoms with Gasteiger partial charge in [0.2, 0.25) is 5.82 Å². The first-order valence-corrected chi connectivity index (χ1v) is 12.2. The van der Waals surface area contributed by atoms with Crippen LogP contribution in [0.25, 0.3) is 16.3 Å². The van der Waals surface area contributed by atoms with E-state index in [1.165, 1.54) is 0 Å². The van der Waals surface area contributed by atoms with E-state index in [1.807, 2.05) is 35.7 Å². The lowest BCUT2D eigenvalue weighted by Gasteiger charge is -2.37. The minimum atomic E-state index is -0.267. The van der Waals surface area contributed by atoms with Crippen LogP contribution in [0.1, 0.15) is 50.6 Å². The zero-order valence-corrected chi connectivity index (χ0v) is 20.9. The Bertz CT molecular complexity index is 1140. The zero-order chi connectivity index (χ0) is 23.4. The van der Waals surface area contributed by atoms with Gasteiger partial charge in [-0.1, -0.05) is 37.1 Å². The fourth-order valence-electron chi connectivity index (χ4n) is 3.97. The molecule has 0 aliphatic carbocycles. The lowest BCUT2D eigenvalue weighted by atomic mass is 9.94. The summed E-state index contributed by atoms with van der Waals surface area (Å²) >= 11 is 7.35. The molecule has 1 aliphatic heterocycles. The Morgan fingerprint density at radius 3 is 2.70 bits per heavy atom. The third kappa shape index (κ3) is 4.74. The van der Waals surface area contributed by atoms with Crippen molar-refractivity contribution in [2.45, 2.75) is 39.2 Å². The van der Waals surface area contributed by atoms with Gasteiger partial charge in [-0.25, -0.2) is 0 Å². The number of methoxy groups -OCH3 is 2. The van der Waals surface area contributed by atoms with Gasteiger partial charge >= 0.3 is 0 Å². The van der Waals surface area contributed by atoms with Crippen molar-refractivity contribution in [1.29, 1.82) is 0 Å². The van der Waals surface area contributed by atoms with Crippen LogP contribution in [0.5, 0.6) is 11.5 Å². The lowest BCUT2D eigenvalue weighted by molar-refractivity contribution is 0.354. The number of allylic oxidation sites excluding steroid dienone is 1. The summed E-state index contributed by atoms with van der Waals surface area (Å²) in [6.07, 6.45) is 3.34. The number of ether oxygens (including phenoxy) is 2. The van der Waals surface area contributed by atoms with E-state index >= 15 is 0 Å². The third-order valence-electron chi connectivity index (χ3n) is 5.72. The highest BCUT2D eigenvalue weighted by Crippen LogP contribution is 2.40. The molecule has 0 fully saturated rings. The summed E-state index contributed by atoms with van der Waals surface area (Å²) in [6.45, 7) is 5.09. The largest absolute Gasteiger partial charge is 0.493 e. The molecule has 1 atom stereocenters. The quantitative estimate of drug-likeness (QED) is 0.308. The molecule has 1 unspecified atom stereocenters. The van der Waals surface area contributed by atoms with E-state index < -0.39 is 0 Å². The molecule has 3 heterocycles. The number of aromatic nitrogens is 2. The molecule has 0 saturated heterocycles. The van der Waals surface area contributed by atoms with E-state index in [-0.39, 0.29) is 6.04 Å². The second kappa shape index (κ2) is 10.4. The Hall–Kier alpha value is -2.91. The van der Waals surface area contributed by atoms with Gasteiger partial charge in [-0.2, -0.15) is 4.98 Å². The first kappa shape index (κ1) is 23.3. The predicted octanol–water partition coefficient (Wildman–Crippen LogP) is 5.67. The Kier molecular flexibility index (Phi) is 7.29. The van der Waals surface area contributed by atoms with Crippen LogP contribution >= 0.6 is 23.6 Å². The molecule has 4 rings (SSSR count). The van der Waals surface area contributed by atoms with E-state index in [0.717, 1.165) is 47.5 Å². The standard InChI is InChI=1S/C24H28N4O3S2/c1-5-6-7-12-28-15(2)20(23-26-22(27-31-23)19-9-8-13-33-19)21(25-24(28)32)16-10-11-17(29-3)18(14-16)30-4/h8-11,13-14,21H,5-7,12H2,1-4H3,(H,25,32). The molecule has 9 heteroatoms. The summed E-state index contributed by atoms with van der Waals surface area (Å²) < 4.78 is 16.7. The zero-order valence-electron chi connectivity index (χ0n) is 19.3. The van der Waals surface area contributed by atoms with Gasteiger partial charge in [0, 0.05) is 12.2 Å². The van der Waals surface area contributed by atoms with Gasteiger partial charge < -0.3 is 24.2 Å². The van der Waals surface area contributed by atoms with Crippen LogP contribution < -0.4 is 14.8 Å². The maximum atomic E-state index is 5.78. The highest BCUT2D eigenvalue weighted by atomic mass is 32.1. The maximum absolute atomic E-state index is 5.78. The van der Waals surface area contributed by atoms with Gasteiger partial charge in [0.25, 0.3) is 5.89 Å². The number of benzene rings is 1. The second-order valence-electron chi connectivity index (χ2n) is 7.76. The topological polar surface area (TPSA) is 72.7 Å². The average molecular weight is 485 g/mol. The van der Waals surface area contributed by atoms with E-state index in [0.29, 0.717) is 28.3 Å². The minimum absolute atomic E-state index is 0.267. The number of unbranched alkanes of at least 4 members (excludes halogenated alkanes) is 2. The molecule has 0 bridgehead atoms. The van der Waals surface area contributed by atoms with Crippen molar-refractivity contribution in [3.8, 4) is 22.2 Å². The monoisotopic (exact) mass is 484 g/mol. The number of nitrogens with one attached hydrogen (secondary N) is 1. The van der Waals surface area contributed by atoms with Crippen LogP contribution in [0.3, 0.4) is 0 Å². The average Bonchev–Trinajstić information content (AvgIpc) is 3.52. The molecule has 7 nitrogen and oxygen atoms in total. The van der Waals surface area contributed by atoms with Crippen molar-refractivity contribution in [2.24, 2.45) is 0 Å². The molecule has 1 N–H and O–H groups in total. The van der Waals surface area contributed by atoms with Crippen molar-refractivity contribution in [3.63, 3.8) is 0 Å². The van der Waals surface area contributed by atoms with Crippen molar-refractivity contribution in [3.05, 3.63) is 52.9 Å². The number of rotatable bonds is 9. The van der Waals surface area contributed by atoms with Crippen LogP contribution in [0.4, 0.5) is 0 Å². The molecule has 0 spiro atoms. The molecule has 3 aromatic rings.